The Hall–Kier alpha value is -2.19. The van der Waals surface area contributed by atoms with E-state index in [2.05, 4.69) is 4.98 Å². The number of aryl methyl sites for hydroxylation is 2. The largest absolute Gasteiger partial charge is 0.290 e. The van der Waals surface area contributed by atoms with Gasteiger partial charge in [-0.2, -0.15) is 0 Å². The molecule has 1 aromatic carbocycles. The van der Waals surface area contributed by atoms with Gasteiger partial charge in [-0.25, -0.2) is 4.98 Å². The van der Waals surface area contributed by atoms with Gasteiger partial charge in [0.15, 0.2) is 5.16 Å². The van der Waals surface area contributed by atoms with Gasteiger partial charge in [0, 0.05) is 29.3 Å². The van der Waals surface area contributed by atoms with Crippen LogP contribution in [-0.2, 0) is 12.8 Å². The highest BCUT2D eigenvalue weighted by atomic mass is 32.2. The van der Waals surface area contributed by atoms with E-state index >= 15 is 0 Å². The van der Waals surface area contributed by atoms with Crippen molar-refractivity contribution >= 4 is 39.0 Å². The van der Waals surface area contributed by atoms with Gasteiger partial charge in [-0.1, -0.05) is 23.9 Å². The average Bonchev–Trinajstić information content (AvgIpc) is 2.85. The molecule has 0 spiro atoms. The second-order valence-electron chi connectivity index (χ2n) is 5.83. The predicted molar refractivity (Wildman–Crippen MR) is 102 cm³/mol. The van der Waals surface area contributed by atoms with Gasteiger partial charge in [0.2, 0.25) is 0 Å². The number of hydrogen-bond acceptors (Lipinski definition) is 6. The molecule has 0 aliphatic heterocycles. The Morgan fingerprint density at radius 3 is 2.68 bits per heavy atom. The number of hydrogen-bond donors (Lipinski definition) is 0. The third-order valence-corrected chi connectivity index (χ3v) is 6.52. The van der Waals surface area contributed by atoms with Gasteiger partial charge in [-0.15, -0.1) is 11.3 Å². The van der Waals surface area contributed by atoms with E-state index in [0.717, 1.165) is 20.8 Å². The summed E-state index contributed by atoms with van der Waals surface area (Å²) in [5.41, 5.74) is 2.56. The number of nitro groups is 1. The van der Waals surface area contributed by atoms with Crippen LogP contribution in [0.3, 0.4) is 0 Å². The third kappa shape index (κ3) is 3.07. The summed E-state index contributed by atoms with van der Waals surface area (Å²) in [6, 6.07) is 5.05. The van der Waals surface area contributed by atoms with Gasteiger partial charge < -0.3 is 0 Å². The van der Waals surface area contributed by atoms with Crippen molar-refractivity contribution in [3.05, 3.63) is 60.2 Å². The zero-order valence-electron chi connectivity index (χ0n) is 14.3. The van der Waals surface area contributed by atoms with Crippen LogP contribution >= 0.6 is 23.1 Å². The van der Waals surface area contributed by atoms with E-state index in [9.17, 15) is 14.9 Å². The Morgan fingerprint density at radius 1 is 1.28 bits per heavy atom. The summed E-state index contributed by atoms with van der Waals surface area (Å²) in [4.78, 5) is 29.8. The summed E-state index contributed by atoms with van der Waals surface area (Å²) in [6.45, 7) is 5.67. The molecule has 25 heavy (non-hydrogen) atoms. The van der Waals surface area contributed by atoms with Crippen molar-refractivity contribution in [2.24, 2.45) is 7.05 Å². The number of rotatable bonds is 4. The monoisotopic (exact) mass is 375 g/mol. The number of aromatic nitrogens is 2. The minimum absolute atomic E-state index is 0.0508. The topological polar surface area (TPSA) is 78.0 Å². The normalized spacial score (nSPS) is 11.2. The molecule has 0 aliphatic carbocycles. The minimum Gasteiger partial charge on any atom is -0.290 e. The molecule has 0 saturated carbocycles. The molecule has 0 N–H and O–H groups in total. The molecule has 3 aromatic rings. The first-order valence-electron chi connectivity index (χ1n) is 7.63. The molecule has 0 bridgehead atoms. The van der Waals surface area contributed by atoms with Crippen LogP contribution in [0.1, 0.15) is 21.6 Å². The standard InChI is InChI=1S/C17H17N3O3S2/c1-9-11(3)25-15-14(9)16(21)19(4)17(18-15)24-8-12-6-5-7-13(10(12)2)20(22)23/h5-7H,8H2,1-4H3. The Labute approximate surface area is 152 Å². The summed E-state index contributed by atoms with van der Waals surface area (Å²) in [5.74, 6) is 0.517. The lowest BCUT2D eigenvalue weighted by molar-refractivity contribution is -0.385. The van der Waals surface area contributed by atoms with Crippen molar-refractivity contribution in [2.45, 2.75) is 31.7 Å². The maximum absolute atomic E-state index is 12.6. The van der Waals surface area contributed by atoms with Gasteiger partial charge in [0.05, 0.1) is 10.3 Å². The van der Waals surface area contributed by atoms with Gasteiger partial charge >= 0.3 is 0 Å². The Morgan fingerprint density at radius 2 is 2.00 bits per heavy atom. The molecule has 6 nitrogen and oxygen atoms in total. The van der Waals surface area contributed by atoms with Gasteiger partial charge in [0.1, 0.15) is 4.83 Å². The Kier molecular flexibility index (Phi) is 4.66. The highest BCUT2D eigenvalue weighted by Gasteiger charge is 2.17. The van der Waals surface area contributed by atoms with Crippen LogP contribution in [-0.4, -0.2) is 14.5 Å². The minimum atomic E-state index is -0.374. The SMILES string of the molecule is Cc1sc2nc(SCc3cccc([N+](=O)[O-])c3C)n(C)c(=O)c2c1C. The van der Waals surface area contributed by atoms with Gasteiger partial charge in [0.25, 0.3) is 11.2 Å². The van der Waals surface area contributed by atoms with Crippen LogP contribution in [0, 0.1) is 30.9 Å². The lowest BCUT2D eigenvalue weighted by Crippen LogP contribution is -2.19. The number of nitrogens with zero attached hydrogens (tertiary/aromatic N) is 3. The molecule has 0 saturated heterocycles. The van der Waals surface area contributed by atoms with Crippen molar-refractivity contribution in [2.75, 3.05) is 0 Å². The quantitative estimate of drug-likeness (QED) is 0.297. The van der Waals surface area contributed by atoms with E-state index in [1.54, 1.807) is 24.6 Å². The fourth-order valence-electron chi connectivity index (χ4n) is 2.65. The number of fused-ring (bicyclic) bond motifs is 1. The van der Waals surface area contributed by atoms with Crippen LogP contribution in [0.25, 0.3) is 10.2 Å². The molecule has 0 amide bonds. The summed E-state index contributed by atoms with van der Waals surface area (Å²) >= 11 is 2.93. The number of nitro benzene ring substituents is 1. The molecule has 0 aliphatic rings. The fourth-order valence-corrected chi connectivity index (χ4v) is 4.76. The maximum Gasteiger partial charge on any atom is 0.272 e. The van der Waals surface area contributed by atoms with E-state index < -0.39 is 0 Å². The van der Waals surface area contributed by atoms with Crippen molar-refractivity contribution in [1.82, 2.24) is 9.55 Å². The maximum atomic E-state index is 12.6. The van der Waals surface area contributed by atoms with Crippen molar-refractivity contribution < 1.29 is 4.92 Å². The molecule has 2 aromatic heterocycles. The lowest BCUT2D eigenvalue weighted by Gasteiger charge is -2.09. The van der Waals surface area contributed by atoms with E-state index in [-0.39, 0.29) is 16.2 Å². The molecule has 2 heterocycles. The first kappa shape index (κ1) is 17.6. The number of benzene rings is 1. The van der Waals surface area contributed by atoms with Crippen LogP contribution in [0.4, 0.5) is 5.69 Å². The molecule has 0 fully saturated rings. The van der Waals surface area contributed by atoms with E-state index in [4.69, 9.17) is 0 Å². The second-order valence-corrected chi connectivity index (χ2v) is 7.97. The van der Waals surface area contributed by atoms with Crippen LogP contribution < -0.4 is 5.56 Å². The third-order valence-electron chi connectivity index (χ3n) is 4.34. The molecule has 0 atom stereocenters. The predicted octanol–water partition coefficient (Wildman–Crippen LogP) is 4.12. The summed E-state index contributed by atoms with van der Waals surface area (Å²) < 4.78 is 1.55. The second kappa shape index (κ2) is 6.61. The van der Waals surface area contributed by atoms with E-state index in [1.165, 1.54) is 29.2 Å². The van der Waals surface area contributed by atoms with Gasteiger partial charge in [-0.05, 0) is 31.9 Å². The van der Waals surface area contributed by atoms with E-state index in [0.29, 0.717) is 21.9 Å². The zero-order valence-corrected chi connectivity index (χ0v) is 16.0. The Bertz CT molecular complexity index is 1050. The average molecular weight is 375 g/mol. The Balaban J connectivity index is 1.97. The molecule has 0 unspecified atom stereocenters. The van der Waals surface area contributed by atoms with Crippen molar-refractivity contribution in [1.29, 1.82) is 0 Å². The molecular formula is C17H17N3O3S2. The van der Waals surface area contributed by atoms with Crippen LogP contribution in [0.5, 0.6) is 0 Å². The van der Waals surface area contributed by atoms with Gasteiger partial charge in [-0.3, -0.25) is 19.5 Å². The van der Waals surface area contributed by atoms with Crippen molar-refractivity contribution in [3.8, 4) is 0 Å². The molecule has 3 rings (SSSR count). The lowest BCUT2D eigenvalue weighted by atomic mass is 10.1. The van der Waals surface area contributed by atoms with Crippen LogP contribution in [0.2, 0.25) is 0 Å². The van der Waals surface area contributed by atoms with E-state index in [1.807, 2.05) is 19.9 Å². The molecular weight excluding hydrogens is 358 g/mol. The summed E-state index contributed by atoms with van der Waals surface area (Å²) in [5, 5.41) is 12.4. The summed E-state index contributed by atoms with van der Waals surface area (Å²) in [7, 11) is 1.71. The molecule has 8 heteroatoms. The summed E-state index contributed by atoms with van der Waals surface area (Å²) in [6.07, 6.45) is 0. The number of thiophene rings is 1. The first-order chi connectivity index (χ1) is 11.8. The fraction of sp³-hybridized carbons (Fsp3) is 0.294. The smallest absolute Gasteiger partial charge is 0.272 e. The highest BCUT2D eigenvalue weighted by Crippen LogP contribution is 2.30. The molecule has 0 radical (unpaired) electrons. The number of thioether (sulfide) groups is 1. The van der Waals surface area contributed by atoms with Crippen molar-refractivity contribution in [3.63, 3.8) is 0 Å². The molecule has 130 valence electrons. The first-order valence-corrected chi connectivity index (χ1v) is 9.44. The highest BCUT2D eigenvalue weighted by molar-refractivity contribution is 7.98. The zero-order chi connectivity index (χ0) is 18.3. The van der Waals surface area contributed by atoms with Crippen LogP contribution in [0.15, 0.2) is 28.2 Å².